The van der Waals surface area contributed by atoms with Gasteiger partial charge in [0.1, 0.15) is 11.9 Å². The number of carboxylic acids is 1. The largest absolute Gasteiger partial charge is 0.480 e. The van der Waals surface area contributed by atoms with Crippen molar-refractivity contribution in [2.75, 3.05) is 6.54 Å². The van der Waals surface area contributed by atoms with Crippen molar-refractivity contribution in [3.8, 4) is 0 Å². The number of hydrogen-bond donors (Lipinski definition) is 2. The van der Waals surface area contributed by atoms with Gasteiger partial charge in [-0.15, -0.1) is 0 Å². The van der Waals surface area contributed by atoms with Gasteiger partial charge in [0.2, 0.25) is 5.91 Å². The number of nitrogens with zero attached hydrogens (tertiary/aromatic N) is 1. The number of carbonyl (C=O) groups is 2. The molecule has 0 saturated carbocycles. The topological polar surface area (TPSA) is 69.6 Å². The van der Waals surface area contributed by atoms with Crippen LogP contribution in [0.2, 0.25) is 0 Å². The first-order valence-electron chi connectivity index (χ1n) is 6.99. The standard InChI is InChI=1S/C15H19FN2O3/c1-10(15(20)21)17-14(19)13-3-2-8-18(13)9-11-4-6-12(16)7-5-11/h4-7,10,13H,2-3,8-9H2,1H3,(H,17,19)(H,20,21). The minimum absolute atomic E-state index is 0.260. The molecule has 114 valence electrons. The van der Waals surface area contributed by atoms with E-state index in [0.717, 1.165) is 18.5 Å². The lowest BCUT2D eigenvalue weighted by atomic mass is 10.1. The number of amides is 1. The van der Waals surface area contributed by atoms with E-state index in [1.807, 2.05) is 4.90 Å². The maximum Gasteiger partial charge on any atom is 0.325 e. The Kier molecular flexibility index (Phi) is 4.90. The normalized spacial score (nSPS) is 20.2. The average Bonchev–Trinajstić information content (AvgIpc) is 2.89. The van der Waals surface area contributed by atoms with Crippen LogP contribution in [0.5, 0.6) is 0 Å². The van der Waals surface area contributed by atoms with E-state index in [9.17, 15) is 14.0 Å². The van der Waals surface area contributed by atoms with Crippen molar-refractivity contribution in [3.63, 3.8) is 0 Å². The molecule has 0 aromatic heterocycles. The zero-order chi connectivity index (χ0) is 15.4. The number of rotatable bonds is 5. The summed E-state index contributed by atoms with van der Waals surface area (Å²) in [5.74, 6) is -1.60. The van der Waals surface area contributed by atoms with E-state index in [-0.39, 0.29) is 17.8 Å². The molecule has 1 fully saturated rings. The van der Waals surface area contributed by atoms with Gasteiger partial charge in [0, 0.05) is 6.54 Å². The molecule has 2 unspecified atom stereocenters. The molecule has 0 radical (unpaired) electrons. The van der Waals surface area contributed by atoms with Crippen LogP contribution in [0.3, 0.4) is 0 Å². The first kappa shape index (κ1) is 15.4. The average molecular weight is 294 g/mol. The molecule has 21 heavy (non-hydrogen) atoms. The van der Waals surface area contributed by atoms with E-state index < -0.39 is 12.0 Å². The predicted octanol–water partition coefficient (Wildman–Crippen LogP) is 1.38. The van der Waals surface area contributed by atoms with Gasteiger partial charge < -0.3 is 10.4 Å². The van der Waals surface area contributed by atoms with Crippen LogP contribution in [0.1, 0.15) is 25.3 Å². The van der Waals surface area contributed by atoms with Crippen molar-refractivity contribution >= 4 is 11.9 Å². The molecule has 1 aliphatic rings. The van der Waals surface area contributed by atoms with Crippen LogP contribution in [-0.4, -0.2) is 40.5 Å². The van der Waals surface area contributed by atoms with Crippen LogP contribution in [0.25, 0.3) is 0 Å². The van der Waals surface area contributed by atoms with Crippen molar-refractivity contribution < 1.29 is 19.1 Å². The lowest BCUT2D eigenvalue weighted by Crippen LogP contribution is -2.48. The third-order valence-corrected chi connectivity index (χ3v) is 3.69. The maximum atomic E-state index is 12.9. The molecule has 1 aromatic rings. The molecule has 1 aliphatic heterocycles. The van der Waals surface area contributed by atoms with E-state index in [0.29, 0.717) is 13.0 Å². The molecule has 0 aliphatic carbocycles. The number of likely N-dealkylation sites (tertiary alicyclic amines) is 1. The summed E-state index contributed by atoms with van der Waals surface area (Å²) in [7, 11) is 0. The van der Waals surface area contributed by atoms with Crippen LogP contribution in [0, 0.1) is 5.82 Å². The highest BCUT2D eigenvalue weighted by Crippen LogP contribution is 2.20. The number of nitrogens with one attached hydrogen (secondary N) is 1. The van der Waals surface area contributed by atoms with Gasteiger partial charge in [-0.3, -0.25) is 14.5 Å². The van der Waals surface area contributed by atoms with E-state index in [1.54, 1.807) is 12.1 Å². The lowest BCUT2D eigenvalue weighted by Gasteiger charge is -2.24. The molecule has 1 heterocycles. The first-order valence-corrected chi connectivity index (χ1v) is 6.99. The Bertz CT molecular complexity index is 518. The van der Waals surface area contributed by atoms with Crippen molar-refractivity contribution in [2.24, 2.45) is 0 Å². The molecule has 2 N–H and O–H groups in total. The van der Waals surface area contributed by atoms with Crippen LogP contribution >= 0.6 is 0 Å². The highest BCUT2D eigenvalue weighted by atomic mass is 19.1. The molecule has 2 atom stereocenters. The molecule has 1 saturated heterocycles. The molecule has 1 aromatic carbocycles. The fourth-order valence-corrected chi connectivity index (χ4v) is 2.51. The van der Waals surface area contributed by atoms with Crippen LogP contribution < -0.4 is 5.32 Å². The van der Waals surface area contributed by atoms with Gasteiger partial charge in [-0.05, 0) is 44.0 Å². The minimum Gasteiger partial charge on any atom is -0.480 e. The van der Waals surface area contributed by atoms with Gasteiger partial charge in [-0.2, -0.15) is 0 Å². The van der Waals surface area contributed by atoms with Crippen LogP contribution in [-0.2, 0) is 16.1 Å². The smallest absolute Gasteiger partial charge is 0.325 e. The van der Waals surface area contributed by atoms with E-state index in [1.165, 1.54) is 19.1 Å². The Hall–Kier alpha value is -1.95. The Morgan fingerprint density at radius 3 is 2.71 bits per heavy atom. The monoisotopic (exact) mass is 294 g/mol. The zero-order valence-corrected chi connectivity index (χ0v) is 11.9. The molecule has 2 rings (SSSR count). The quantitative estimate of drug-likeness (QED) is 0.861. The number of hydrogen-bond acceptors (Lipinski definition) is 3. The molecule has 5 nitrogen and oxygen atoms in total. The number of halogens is 1. The SMILES string of the molecule is CC(NC(=O)C1CCCN1Cc1ccc(F)cc1)C(=O)O. The lowest BCUT2D eigenvalue weighted by molar-refractivity contribution is -0.142. The summed E-state index contributed by atoms with van der Waals surface area (Å²) in [6.07, 6.45) is 1.60. The van der Waals surface area contributed by atoms with Crippen LogP contribution in [0.15, 0.2) is 24.3 Å². The van der Waals surface area contributed by atoms with Crippen molar-refractivity contribution in [1.82, 2.24) is 10.2 Å². The number of aliphatic carboxylic acids is 1. The highest BCUT2D eigenvalue weighted by molar-refractivity contribution is 5.86. The molecular weight excluding hydrogens is 275 g/mol. The summed E-state index contributed by atoms with van der Waals surface area (Å²) < 4.78 is 12.9. The second-order valence-corrected chi connectivity index (χ2v) is 5.32. The van der Waals surface area contributed by atoms with Gasteiger partial charge in [-0.25, -0.2) is 4.39 Å². The van der Waals surface area contributed by atoms with Crippen LogP contribution in [0.4, 0.5) is 4.39 Å². The van der Waals surface area contributed by atoms with Crippen molar-refractivity contribution in [3.05, 3.63) is 35.6 Å². The third-order valence-electron chi connectivity index (χ3n) is 3.69. The molecular formula is C15H19FN2O3. The van der Waals surface area contributed by atoms with Crippen molar-refractivity contribution in [1.29, 1.82) is 0 Å². The zero-order valence-electron chi connectivity index (χ0n) is 11.9. The molecule has 1 amide bonds. The molecule has 6 heteroatoms. The van der Waals surface area contributed by atoms with Gasteiger partial charge >= 0.3 is 5.97 Å². The second kappa shape index (κ2) is 6.67. The molecule has 0 bridgehead atoms. The van der Waals surface area contributed by atoms with Crippen molar-refractivity contribution in [2.45, 2.75) is 38.4 Å². The predicted molar refractivity (Wildman–Crippen MR) is 75.1 cm³/mol. The summed E-state index contributed by atoms with van der Waals surface area (Å²) in [6.45, 7) is 2.77. The van der Waals surface area contributed by atoms with Gasteiger partial charge in [0.25, 0.3) is 0 Å². The van der Waals surface area contributed by atoms with Gasteiger partial charge in [0.05, 0.1) is 6.04 Å². The Morgan fingerprint density at radius 1 is 1.43 bits per heavy atom. The number of carbonyl (C=O) groups excluding carboxylic acids is 1. The molecule has 0 spiro atoms. The second-order valence-electron chi connectivity index (χ2n) is 5.32. The summed E-state index contributed by atoms with van der Waals surface area (Å²) >= 11 is 0. The Balaban J connectivity index is 1.98. The first-order chi connectivity index (χ1) is 9.97. The maximum absolute atomic E-state index is 12.9. The Labute approximate surface area is 122 Å². The fourth-order valence-electron chi connectivity index (χ4n) is 2.51. The van der Waals surface area contributed by atoms with Gasteiger partial charge in [0.15, 0.2) is 0 Å². The summed E-state index contributed by atoms with van der Waals surface area (Å²) in [5, 5.41) is 11.3. The summed E-state index contributed by atoms with van der Waals surface area (Å²) in [4.78, 5) is 24.9. The van der Waals surface area contributed by atoms with E-state index >= 15 is 0 Å². The summed E-state index contributed by atoms with van der Waals surface area (Å²) in [6, 6.07) is 4.97. The number of benzene rings is 1. The van der Waals surface area contributed by atoms with E-state index in [2.05, 4.69) is 5.32 Å². The highest BCUT2D eigenvalue weighted by Gasteiger charge is 2.31. The summed E-state index contributed by atoms with van der Waals surface area (Å²) in [5.41, 5.74) is 0.933. The Morgan fingerprint density at radius 2 is 2.10 bits per heavy atom. The fraction of sp³-hybridized carbons (Fsp3) is 0.467. The van der Waals surface area contributed by atoms with Gasteiger partial charge in [-0.1, -0.05) is 12.1 Å². The number of carboxylic acid groups (broad SMARTS) is 1. The minimum atomic E-state index is -1.05. The third kappa shape index (κ3) is 4.01. The van der Waals surface area contributed by atoms with E-state index in [4.69, 9.17) is 5.11 Å².